The molecule has 2 unspecified atom stereocenters. The van der Waals surface area contributed by atoms with Crippen LogP contribution < -0.4 is 5.73 Å². The van der Waals surface area contributed by atoms with E-state index in [0.717, 1.165) is 26.1 Å². The zero-order valence-electron chi connectivity index (χ0n) is 10.1. The first kappa shape index (κ1) is 12.9. The van der Waals surface area contributed by atoms with Gasteiger partial charge in [-0.25, -0.2) is 0 Å². The first-order chi connectivity index (χ1) is 7.04. The van der Waals surface area contributed by atoms with Gasteiger partial charge in [-0.1, -0.05) is 19.1 Å². The molecule has 0 amide bonds. The SMILES string of the molecule is CCN1CCN(C(C)CC(N)=S)CC1C. The van der Waals surface area contributed by atoms with Crippen LogP contribution in [0.1, 0.15) is 27.2 Å². The zero-order valence-corrected chi connectivity index (χ0v) is 10.9. The smallest absolute Gasteiger partial charge is 0.0742 e. The predicted octanol–water partition coefficient (Wildman–Crippen LogP) is 1.08. The third-order valence-electron chi connectivity index (χ3n) is 3.32. The van der Waals surface area contributed by atoms with Gasteiger partial charge in [0, 0.05) is 38.1 Å². The van der Waals surface area contributed by atoms with Crippen molar-refractivity contribution >= 4 is 17.2 Å². The maximum Gasteiger partial charge on any atom is 0.0742 e. The van der Waals surface area contributed by atoms with E-state index in [1.165, 1.54) is 6.54 Å². The van der Waals surface area contributed by atoms with Gasteiger partial charge in [-0.2, -0.15) is 0 Å². The second kappa shape index (κ2) is 5.77. The lowest BCUT2D eigenvalue weighted by molar-refractivity contribution is 0.0658. The average molecular weight is 229 g/mol. The second-order valence-corrected chi connectivity index (χ2v) is 5.02. The molecule has 0 aromatic carbocycles. The Labute approximate surface area is 98.6 Å². The van der Waals surface area contributed by atoms with E-state index in [9.17, 15) is 0 Å². The minimum Gasteiger partial charge on any atom is -0.393 e. The highest BCUT2D eigenvalue weighted by atomic mass is 32.1. The fraction of sp³-hybridized carbons (Fsp3) is 0.909. The number of piperazine rings is 1. The van der Waals surface area contributed by atoms with Gasteiger partial charge in [-0.3, -0.25) is 9.80 Å². The van der Waals surface area contributed by atoms with E-state index >= 15 is 0 Å². The second-order valence-electron chi connectivity index (χ2n) is 4.49. The van der Waals surface area contributed by atoms with Crippen LogP contribution in [0.3, 0.4) is 0 Å². The standard InChI is InChI=1S/C11H23N3S/c1-4-13-5-6-14(8-10(13)3)9(2)7-11(12)15/h9-10H,4-8H2,1-3H3,(H2,12,15). The van der Waals surface area contributed by atoms with Crippen LogP contribution in [-0.2, 0) is 0 Å². The molecule has 0 aromatic heterocycles. The summed E-state index contributed by atoms with van der Waals surface area (Å²) in [7, 11) is 0. The van der Waals surface area contributed by atoms with Crippen molar-refractivity contribution < 1.29 is 0 Å². The summed E-state index contributed by atoms with van der Waals surface area (Å²) in [4.78, 5) is 5.65. The van der Waals surface area contributed by atoms with Crippen molar-refractivity contribution in [2.75, 3.05) is 26.2 Å². The molecule has 15 heavy (non-hydrogen) atoms. The maximum atomic E-state index is 5.58. The molecule has 0 radical (unpaired) electrons. The molecule has 4 heteroatoms. The van der Waals surface area contributed by atoms with Crippen LogP contribution in [0.4, 0.5) is 0 Å². The number of nitrogens with two attached hydrogens (primary N) is 1. The Bertz CT molecular complexity index is 220. The van der Waals surface area contributed by atoms with Gasteiger partial charge in [0.05, 0.1) is 4.99 Å². The highest BCUT2D eigenvalue weighted by Crippen LogP contribution is 2.13. The molecule has 3 nitrogen and oxygen atoms in total. The summed E-state index contributed by atoms with van der Waals surface area (Å²) in [5.74, 6) is 0. The van der Waals surface area contributed by atoms with Crippen LogP contribution in [0.2, 0.25) is 0 Å². The molecular weight excluding hydrogens is 206 g/mol. The largest absolute Gasteiger partial charge is 0.393 e. The Kier molecular flexibility index (Phi) is 4.96. The van der Waals surface area contributed by atoms with Gasteiger partial charge in [0.25, 0.3) is 0 Å². The third kappa shape index (κ3) is 3.70. The van der Waals surface area contributed by atoms with Gasteiger partial charge in [-0.15, -0.1) is 0 Å². The number of thiocarbonyl (C=S) groups is 1. The molecule has 0 aliphatic carbocycles. The van der Waals surface area contributed by atoms with E-state index in [2.05, 4.69) is 30.6 Å². The van der Waals surface area contributed by atoms with E-state index < -0.39 is 0 Å². The molecule has 2 atom stereocenters. The Morgan fingerprint density at radius 3 is 2.67 bits per heavy atom. The molecule has 0 aromatic rings. The first-order valence-electron chi connectivity index (χ1n) is 5.81. The Morgan fingerprint density at radius 2 is 2.20 bits per heavy atom. The van der Waals surface area contributed by atoms with Gasteiger partial charge in [0.15, 0.2) is 0 Å². The van der Waals surface area contributed by atoms with Crippen molar-refractivity contribution in [3.8, 4) is 0 Å². The minimum absolute atomic E-state index is 0.490. The molecule has 1 fully saturated rings. The molecule has 1 heterocycles. The summed E-state index contributed by atoms with van der Waals surface area (Å²) in [5.41, 5.74) is 5.58. The molecule has 0 saturated carbocycles. The summed E-state index contributed by atoms with van der Waals surface area (Å²) in [6.45, 7) is 11.3. The van der Waals surface area contributed by atoms with Crippen molar-refractivity contribution in [2.45, 2.75) is 39.3 Å². The summed E-state index contributed by atoms with van der Waals surface area (Å²) >= 11 is 4.96. The number of nitrogens with zero attached hydrogens (tertiary/aromatic N) is 2. The molecule has 0 spiro atoms. The number of rotatable bonds is 4. The summed E-state index contributed by atoms with van der Waals surface area (Å²) < 4.78 is 0. The molecule has 2 N–H and O–H groups in total. The highest BCUT2D eigenvalue weighted by molar-refractivity contribution is 7.80. The van der Waals surface area contributed by atoms with Crippen LogP contribution in [0.15, 0.2) is 0 Å². The molecule has 1 aliphatic rings. The van der Waals surface area contributed by atoms with Crippen LogP contribution in [-0.4, -0.2) is 53.1 Å². The summed E-state index contributed by atoms with van der Waals surface area (Å²) in [6.07, 6.45) is 0.841. The number of hydrogen-bond donors (Lipinski definition) is 1. The van der Waals surface area contributed by atoms with E-state index in [1.54, 1.807) is 0 Å². The molecule has 88 valence electrons. The van der Waals surface area contributed by atoms with Crippen LogP contribution >= 0.6 is 12.2 Å². The van der Waals surface area contributed by atoms with Crippen LogP contribution in [0.25, 0.3) is 0 Å². The highest BCUT2D eigenvalue weighted by Gasteiger charge is 2.25. The predicted molar refractivity (Wildman–Crippen MR) is 69.1 cm³/mol. The molecular formula is C11H23N3S. The Balaban J connectivity index is 2.42. The van der Waals surface area contributed by atoms with E-state index in [-0.39, 0.29) is 0 Å². The van der Waals surface area contributed by atoms with Crippen molar-refractivity contribution in [1.29, 1.82) is 0 Å². The average Bonchev–Trinajstić information content (AvgIpc) is 2.16. The number of likely N-dealkylation sites (N-methyl/N-ethyl adjacent to an activating group) is 1. The monoisotopic (exact) mass is 229 g/mol. The Hall–Kier alpha value is -0.190. The van der Waals surface area contributed by atoms with Crippen LogP contribution in [0, 0.1) is 0 Å². The van der Waals surface area contributed by atoms with Gasteiger partial charge in [0.1, 0.15) is 0 Å². The zero-order chi connectivity index (χ0) is 11.4. The quantitative estimate of drug-likeness (QED) is 0.731. The first-order valence-corrected chi connectivity index (χ1v) is 6.21. The van der Waals surface area contributed by atoms with Crippen molar-refractivity contribution in [3.63, 3.8) is 0 Å². The maximum absolute atomic E-state index is 5.58. The third-order valence-corrected chi connectivity index (χ3v) is 3.49. The molecule has 0 bridgehead atoms. The number of hydrogen-bond acceptors (Lipinski definition) is 3. The normalized spacial score (nSPS) is 26.5. The summed E-state index contributed by atoms with van der Waals surface area (Å²) in [5, 5.41) is 0. The van der Waals surface area contributed by atoms with E-state index in [1.807, 2.05) is 0 Å². The van der Waals surface area contributed by atoms with Gasteiger partial charge in [-0.05, 0) is 20.4 Å². The van der Waals surface area contributed by atoms with Crippen molar-refractivity contribution in [1.82, 2.24) is 9.80 Å². The topological polar surface area (TPSA) is 32.5 Å². The van der Waals surface area contributed by atoms with Crippen molar-refractivity contribution in [2.24, 2.45) is 5.73 Å². The molecule has 1 aliphatic heterocycles. The molecule has 1 rings (SSSR count). The lowest BCUT2D eigenvalue weighted by Gasteiger charge is -2.42. The van der Waals surface area contributed by atoms with Gasteiger partial charge < -0.3 is 5.73 Å². The van der Waals surface area contributed by atoms with Crippen molar-refractivity contribution in [3.05, 3.63) is 0 Å². The van der Waals surface area contributed by atoms with E-state index in [4.69, 9.17) is 18.0 Å². The minimum atomic E-state index is 0.490. The molecule has 1 saturated heterocycles. The fourth-order valence-electron chi connectivity index (χ4n) is 2.31. The Morgan fingerprint density at radius 1 is 1.53 bits per heavy atom. The van der Waals surface area contributed by atoms with Gasteiger partial charge >= 0.3 is 0 Å². The lowest BCUT2D eigenvalue weighted by atomic mass is 10.1. The fourth-order valence-corrected chi connectivity index (χ4v) is 2.55. The summed E-state index contributed by atoms with van der Waals surface area (Å²) in [6, 6.07) is 1.14. The van der Waals surface area contributed by atoms with E-state index in [0.29, 0.717) is 17.1 Å². The van der Waals surface area contributed by atoms with Gasteiger partial charge in [0.2, 0.25) is 0 Å². The van der Waals surface area contributed by atoms with Crippen LogP contribution in [0.5, 0.6) is 0 Å². The lowest BCUT2D eigenvalue weighted by Crippen LogP contribution is -2.54.